The fourth-order valence-corrected chi connectivity index (χ4v) is 4.80. The lowest BCUT2D eigenvalue weighted by Gasteiger charge is -2.39. The van der Waals surface area contributed by atoms with Crippen LogP contribution in [0.4, 0.5) is 0 Å². The summed E-state index contributed by atoms with van der Waals surface area (Å²) in [7, 11) is 1.85. The maximum absolute atomic E-state index is 5.58. The third-order valence-electron chi connectivity index (χ3n) is 6.77. The van der Waals surface area contributed by atoms with Crippen molar-refractivity contribution >= 4 is 29.9 Å². The number of nitrogens with zero attached hydrogens (tertiary/aromatic N) is 3. The highest BCUT2D eigenvalue weighted by Crippen LogP contribution is 2.19. The molecule has 0 bridgehead atoms. The lowest BCUT2D eigenvalue weighted by atomic mass is 9.92. The van der Waals surface area contributed by atoms with Crippen molar-refractivity contribution in [3.8, 4) is 0 Å². The van der Waals surface area contributed by atoms with Crippen LogP contribution in [0, 0.1) is 5.92 Å². The Kier molecular flexibility index (Phi) is 13.6. The topological polar surface area (TPSA) is 61.4 Å². The third kappa shape index (κ3) is 9.32. The van der Waals surface area contributed by atoms with Crippen LogP contribution in [0.2, 0.25) is 0 Å². The van der Waals surface area contributed by atoms with Gasteiger partial charge < -0.3 is 20.1 Å². The molecule has 8 heteroatoms. The molecule has 0 spiro atoms. The van der Waals surface area contributed by atoms with Crippen LogP contribution < -0.4 is 10.6 Å². The normalized spacial score (nSPS) is 19.2. The van der Waals surface area contributed by atoms with Crippen molar-refractivity contribution in [2.75, 3.05) is 66.2 Å². The molecule has 7 nitrogen and oxygen atoms in total. The van der Waals surface area contributed by atoms with E-state index < -0.39 is 0 Å². The second-order valence-electron chi connectivity index (χ2n) is 8.81. The van der Waals surface area contributed by atoms with Crippen LogP contribution in [0.25, 0.3) is 0 Å². The van der Waals surface area contributed by atoms with Gasteiger partial charge in [0.1, 0.15) is 0 Å². The number of morpholine rings is 2. The Morgan fingerprint density at radius 2 is 1.61 bits per heavy atom. The molecule has 1 aromatic rings. The quantitative estimate of drug-likeness (QED) is 0.255. The second-order valence-corrected chi connectivity index (χ2v) is 8.81. The fraction of sp³-hybridized carbons (Fsp3) is 0.720. The molecule has 2 fully saturated rings. The van der Waals surface area contributed by atoms with Gasteiger partial charge in [-0.2, -0.15) is 0 Å². The van der Waals surface area contributed by atoms with E-state index in [1.165, 1.54) is 24.0 Å². The summed E-state index contributed by atoms with van der Waals surface area (Å²) in [5, 5.41) is 7.11. The number of nitrogens with one attached hydrogen (secondary N) is 2. The summed E-state index contributed by atoms with van der Waals surface area (Å²) in [5.41, 5.74) is 2.64. The van der Waals surface area contributed by atoms with Crippen LogP contribution >= 0.6 is 24.0 Å². The van der Waals surface area contributed by atoms with Gasteiger partial charge in [0.05, 0.1) is 26.4 Å². The van der Waals surface area contributed by atoms with E-state index in [-0.39, 0.29) is 24.0 Å². The van der Waals surface area contributed by atoms with Crippen molar-refractivity contribution in [3.05, 3.63) is 35.4 Å². The molecule has 0 aromatic heterocycles. The molecule has 0 amide bonds. The number of ether oxygens (including phenoxy) is 2. The Morgan fingerprint density at radius 3 is 2.24 bits per heavy atom. The van der Waals surface area contributed by atoms with Gasteiger partial charge in [0.25, 0.3) is 0 Å². The predicted octanol–water partition coefficient (Wildman–Crippen LogP) is 2.94. The summed E-state index contributed by atoms with van der Waals surface area (Å²) in [5.74, 6) is 1.54. The summed E-state index contributed by atoms with van der Waals surface area (Å²) in [6.07, 6.45) is 2.39. The van der Waals surface area contributed by atoms with Gasteiger partial charge in [0, 0.05) is 58.9 Å². The summed E-state index contributed by atoms with van der Waals surface area (Å²) < 4.78 is 11.0. The number of benzene rings is 1. The summed E-state index contributed by atoms with van der Waals surface area (Å²) in [6, 6.07) is 9.36. The zero-order chi connectivity index (χ0) is 22.6. The number of guanidine groups is 1. The van der Waals surface area contributed by atoms with E-state index in [4.69, 9.17) is 9.47 Å². The van der Waals surface area contributed by atoms with Crippen molar-refractivity contribution in [1.29, 1.82) is 0 Å². The Bertz CT molecular complexity index is 689. The van der Waals surface area contributed by atoms with E-state index in [1.807, 2.05) is 7.05 Å². The first-order valence-corrected chi connectivity index (χ1v) is 12.4. The molecule has 2 aliphatic rings. The number of aliphatic imine (C=N–C) groups is 1. The Morgan fingerprint density at radius 1 is 0.970 bits per heavy atom. The summed E-state index contributed by atoms with van der Waals surface area (Å²) in [6.45, 7) is 14.7. The fourth-order valence-electron chi connectivity index (χ4n) is 4.80. The van der Waals surface area contributed by atoms with Crippen LogP contribution in [0.5, 0.6) is 0 Å². The Labute approximate surface area is 217 Å². The third-order valence-corrected chi connectivity index (χ3v) is 6.77. The molecule has 0 aliphatic carbocycles. The van der Waals surface area contributed by atoms with E-state index in [9.17, 15) is 0 Å². The summed E-state index contributed by atoms with van der Waals surface area (Å²) in [4.78, 5) is 9.53. The molecule has 2 heterocycles. The van der Waals surface area contributed by atoms with Crippen molar-refractivity contribution < 1.29 is 9.47 Å². The van der Waals surface area contributed by atoms with E-state index >= 15 is 0 Å². The van der Waals surface area contributed by atoms with E-state index in [2.05, 4.69) is 63.5 Å². The van der Waals surface area contributed by atoms with Crippen LogP contribution in [0.15, 0.2) is 29.3 Å². The van der Waals surface area contributed by atoms with Crippen LogP contribution in [0.1, 0.15) is 37.8 Å². The Hall–Kier alpha value is -0.940. The van der Waals surface area contributed by atoms with E-state index in [1.54, 1.807) is 0 Å². The SMILES string of the molecule is CCC(CC)C(CNC(=NC)NCc1cccc(CN2CCOCC2)c1)N1CCOCC1.I. The standard InChI is InChI=1S/C25H43N5O2.HI/c1-4-23(5-2)24(30-11-15-32-16-12-30)19-28-25(26-3)27-18-21-7-6-8-22(17-21)20-29-9-13-31-14-10-29;/h6-8,17,23-24H,4-5,9-16,18-20H2,1-3H3,(H2,26,27,28);1H. The van der Waals surface area contributed by atoms with Gasteiger partial charge in [-0.1, -0.05) is 51.0 Å². The minimum atomic E-state index is 0. The molecule has 1 aromatic carbocycles. The second kappa shape index (κ2) is 15.9. The average molecular weight is 574 g/mol. The highest BCUT2D eigenvalue weighted by Gasteiger charge is 2.27. The molecule has 2 aliphatic heterocycles. The highest BCUT2D eigenvalue weighted by atomic mass is 127. The first kappa shape index (κ1) is 28.3. The number of rotatable bonds is 10. The molecular weight excluding hydrogens is 529 g/mol. The van der Waals surface area contributed by atoms with Gasteiger partial charge in [-0.3, -0.25) is 14.8 Å². The van der Waals surface area contributed by atoms with Crippen LogP contribution in [-0.2, 0) is 22.6 Å². The predicted molar refractivity (Wildman–Crippen MR) is 146 cm³/mol. The average Bonchev–Trinajstić information content (AvgIpc) is 2.85. The van der Waals surface area contributed by atoms with Gasteiger partial charge in [-0.15, -0.1) is 24.0 Å². The first-order valence-electron chi connectivity index (χ1n) is 12.4. The van der Waals surface area contributed by atoms with E-state index in [0.29, 0.717) is 12.0 Å². The molecule has 2 N–H and O–H groups in total. The van der Waals surface area contributed by atoms with Crippen molar-refractivity contribution in [3.63, 3.8) is 0 Å². The zero-order valence-electron chi connectivity index (χ0n) is 20.7. The number of hydrogen-bond donors (Lipinski definition) is 2. The van der Waals surface area contributed by atoms with Gasteiger partial charge in [0.2, 0.25) is 0 Å². The molecule has 33 heavy (non-hydrogen) atoms. The minimum absolute atomic E-state index is 0. The van der Waals surface area contributed by atoms with Gasteiger partial charge in [-0.05, 0) is 17.0 Å². The van der Waals surface area contributed by atoms with E-state index in [0.717, 1.165) is 78.2 Å². The van der Waals surface area contributed by atoms with Gasteiger partial charge in [-0.25, -0.2) is 0 Å². The van der Waals surface area contributed by atoms with Gasteiger partial charge in [0.15, 0.2) is 5.96 Å². The smallest absolute Gasteiger partial charge is 0.191 e. The minimum Gasteiger partial charge on any atom is -0.379 e. The largest absolute Gasteiger partial charge is 0.379 e. The number of halogens is 1. The lowest BCUT2D eigenvalue weighted by molar-refractivity contribution is 0.00272. The maximum Gasteiger partial charge on any atom is 0.191 e. The van der Waals surface area contributed by atoms with Gasteiger partial charge >= 0.3 is 0 Å². The first-order chi connectivity index (χ1) is 15.7. The zero-order valence-corrected chi connectivity index (χ0v) is 23.1. The summed E-state index contributed by atoms with van der Waals surface area (Å²) >= 11 is 0. The van der Waals surface area contributed by atoms with Crippen molar-refractivity contribution in [2.24, 2.45) is 10.9 Å². The highest BCUT2D eigenvalue weighted by molar-refractivity contribution is 14.0. The molecule has 1 atom stereocenters. The lowest BCUT2D eigenvalue weighted by Crippen LogP contribution is -2.53. The van der Waals surface area contributed by atoms with Crippen molar-refractivity contribution in [2.45, 2.75) is 45.8 Å². The van der Waals surface area contributed by atoms with Crippen LogP contribution in [0.3, 0.4) is 0 Å². The number of hydrogen-bond acceptors (Lipinski definition) is 5. The molecular formula is C25H44IN5O2. The molecule has 1 unspecified atom stereocenters. The Balaban J connectivity index is 0.00000385. The molecule has 2 saturated heterocycles. The maximum atomic E-state index is 5.58. The monoisotopic (exact) mass is 573 g/mol. The van der Waals surface area contributed by atoms with Crippen molar-refractivity contribution in [1.82, 2.24) is 20.4 Å². The molecule has 0 saturated carbocycles. The molecule has 188 valence electrons. The molecule has 3 rings (SSSR count). The van der Waals surface area contributed by atoms with Crippen LogP contribution in [-0.4, -0.2) is 88.0 Å². The molecule has 0 radical (unpaired) electrons.